The average Bonchev–Trinajstić information content (AvgIpc) is 2.60. The van der Waals surface area contributed by atoms with Crippen molar-refractivity contribution in [2.45, 2.75) is 11.3 Å². The summed E-state index contributed by atoms with van der Waals surface area (Å²) in [4.78, 5) is 13.4. The van der Waals surface area contributed by atoms with E-state index in [4.69, 9.17) is 4.74 Å². The van der Waals surface area contributed by atoms with Crippen molar-refractivity contribution >= 4 is 29.0 Å². The number of hydrogen-bond donors (Lipinski definition) is 1. The molecule has 1 heterocycles. The van der Waals surface area contributed by atoms with E-state index in [9.17, 15) is 4.79 Å². The Morgan fingerprint density at radius 2 is 1.95 bits per heavy atom. The van der Waals surface area contributed by atoms with E-state index < -0.39 is 0 Å². The Bertz CT molecular complexity index is 738. The number of rotatable bonds is 3. The van der Waals surface area contributed by atoms with Crippen LogP contribution in [0.4, 0.5) is 5.69 Å². The highest BCUT2D eigenvalue weighted by Crippen LogP contribution is 2.35. The summed E-state index contributed by atoms with van der Waals surface area (Å²) in [6.45, 7) is 0. The summed E-state index contributed by atoms with van der Waals surface area (Å²) in [5.41, 5.74) is 4.70. The van der Waals surface area contributed by atoms with Crippen LogP contribution in [0.3, 0.4) is 0 Å². The molecular formula is C18H17NO2S. The minimum Gasteiger partial charge on any atom is -0.464 e. The third-order valence-electron chi connectivity index (χ3n) is 3.75. The van der Waals surface area contributed by atoms with Crippen molar-refractivity contribution in [2.24, 2.45) is 0 Å². The molecule has 1 aliphatic heterocycles. The summed E-state index contributed by atoms with van der Waals surface area (Å²) < 4.78 is 4.94. The van der Waals surface area contributed by atoms with Crippen LogP contribution in [0.1, 0.15) is 11.1 Å². The van der Waals surface area contributed by atoms with Crippen LogP contribution in [0.15, 0.2) is 59.1 Å². The molecule has 2 aromatic carbocycles. The number of allylic oxidation sites excluding steroid dienone is 1. The predicted molar refractivity (Wildman–Crippen MR) is 90.9 cm³/mol. The van der Waals surface area contributed by atoms with E-state index >= 15 is 0 Å². The van der Waals surface area contributed by atoms with Crippen molar-refractivity contribution in [3.05, 3.63) is 65.4 Å². The summed E-state index contributed by atoms with van der Waals surface area (Å²) in [7, 11) is 1.41. The molecule has 0 bridgehead atoms. The fourth-order valence-electron chi connectivity index (χ4n) is 2.62. The van der Waals surface area contributed by atoms with Crippen LogP contribution >= 0.6 is 11.8 Å². The van der Waals surface area contributed by atoms with Gasteiger partial charge < -0.3 is 10.1 Å². The molecule has 22 heavy (non-hydrogen) atoms. The number of anilines is 1. The van der Waals surface area contributed by atoms with Gasteiger partial charge in [0.25, 0.3) is 0 Å². The lowest BCUT2D eigenvalue weighted by atomic mass is 9.92. The van der Waals surface area contributed by atoms with Gasteiger partial charge in [0.2, 0.25) is 0 Å². The minimum absolute atomic E-state index is 0.335. The largest absolute Gasteiger partial charge is 0.464 e. The maximum Gasteiger partial charge on any atom is 0.354 e. The number of carbonyl (C=O) groups is 1. The number of esters is 1. The zero-order valence-corrected chi connectivity index (χ0v) is 13.4. The summed E-state index contributed by atoms with van der Waals surface area (Å²) in [6.07, 6.45) is 2.77. The highest BCUT2D eigenvalue weighted by molar-refractivity contribution is 7.98. The molecule has 0 atom stereocenters. The van der Waals surface area contributed by atoms with E-state index in [1.807, 2.05) is 36.4 Å². The van der Waals surface area contributed by atoms with Crippen LogP contribution in [-0.4, -0.2) is 19.3 Å². The summed E-state index contributed by atoms with van der Waals surface area (Å²) in [5, 5.41) is 3.24. The Morgan fingerprint density at radius 1 is 1.18 bits per heavy atom. The fraction of sp³-hybridized carbons (Fsp3) is 0.167. The minimum atomic E-state index is -0.335. The van der Waals surface area contributed by atoms with Crippen LogP contribution in [0.25, 0.3) is 5.57 Å². The second-order valence-corrected chi connectivity index (χ2v) is 5.92. The molecule has 2 aromatic rings. The smallest absolute Gasteiger partial charge is 0.354 e. The number of ether oxygens (including phenoxy) is 1. The van der Waals surface area contributed by atoms with E-state index in [0.717, 1.165) is 16.8 Å². The number of fused-ring (bicyclic) bond motifs is 1. The van der Waals surface area contributed by atoms with Gasteiger partial charge >= 0.3 is 5.97 Å². The molecule has 1 aliphatic rings. The second kappa shape index (κ2) is 6.28. The van der Waals surface area contributed by atoms with Crippen LogP contribution in [0.5, 0.6) is 0 Å². The van der Waals surface area contributed by atoms with Gasteiger partial charge in [0, 0.05) is 17.0 Å². The van der Waals surface area contributed by atoms with Crippen molar-refractivity contribution in [2.75, 3.05) is 18.7 Å². The molecule has 3 nitrogen and oxygen atoms in total. The van der Waals surface area contributed by atoms with Gasteiger partial charge in [-0.15, -0.1) is 11.8 Å². The number of methoxy groups -OCH3 is 1. The first-order valence-corrected chi connectivity index (χ1v) is 8.26. The topological polar surface area (TPSA) is 38.3 Å². The highest BCUT2D eigenvalue weighted by atomic mass is 32.2. The van der Waals surface area contributed by atoms with E-state index in [1.54, 1.807) is 11.8 Å². The molecule has 4 heteroatoms. The third-order valence-corrected chi connectivity index (χ3v) is 4.48. The van der Waals surface area contributed by atoms with Gasteiger partial charge in [0.05, 0.1) is 7.11 Å². The molecule has 0 unspecified atom stereocenters. The monoisotopic (exact) mass is 311 g/mol. The van der Waals surface area contributed by atoms with Crippen molar-refractivity contribution in [3.8, 4) is 0 Å². The Morgan fingerprint density at radius 3 is 2.64 bits per heavy atom. The zero-order chi connectivity index (χ0) is 15.5. The molecule has 1 N–H and O–H groups in total. The standard InChI is InChI=1S/C18H17NO2S/c1-21-18(20)17-15(12-6-4-3-5-7-12)11-13-10-14(22-2)8-9-16(13)19-17/h3-10,19H,11H2,1-2H3. The van der Waals surface area contributed by atoms with E-state index in [0.29, 0.717) is 12.1 Å². The van der Waals surface area contributed by atoms with Crippen molar-refractivity contribution in [1.82, 2.24) is 0 Å². The summed E-state index contributed by atoms with van der Waals surface area (Å²) >= 11 is 1.71. The highest BCUT2D eigenvalue weighted by Gasteiger charge is 2.24. The molecule has 0 spiro atoms. The predicted octanol–water partition coefficient (Wildman–Crippen LogP) is 3.96. The summed E-state index contributed by atoms with van der Waals surface area (Å²) in [6, 6.07) is 16.2. The maximum atomic E-state index is 12.1. The Kier molecular flexibility index (Phi) is 4.20. The number of thioether (sulfide) groups is 1. The lowest BCUT2D eigenvalue weighted by Crippen LogP contribution is -2.20. The normalized spacial score (nSPS) is 13.4. The van der Waals surface area contributed by atoms with E-state index in [2.05, 4.69) is 23.7 Å². The molecule has 112 valence electrons. The molecular weight excluding hydrogens is 294 g/mol. The molecule has 0 amide bonds. The van der Waals surface area contributed by atoms with E-state index in [1.165, 1.54) is 17.6 Å². The fourth-order valence-corrected chi connectivity index (χ4v) is 3.08. The molecule has 0 aromatic heterocycles. The average molecular weight is 311 g/mol. The van der Waals surface area contributed by atoms with E-state index in [-0.39, 0.29) is 5.97 Å². The lowest BCUT2D eigenvalue weighted by molar-refractivity contribution is -0.135. The van der Waals surface area contributed by atoms with Gasteiger partial charge in [-0.3, -0.25) is 0 Å². The van der Waals surface area contributed by atoms with Crippen molar-refractivity contribution in [3.63, 3.8) is 0 Å². The zero-order valence-electron chi connectivity index (χ0n) is 12.6. The Hall–Kier alpha value is -2.20. The molecule has 0 aliphatic carbocycles. The maximum absolute atomic E-state index is 12.1. The van der Waals surface area contributed by atoms with Gasteiger partial charge in [-0.25, -0.2) is 4.79 Å². The van der Waals surface area contributed by atoms with Crippen LogP contribution in [0, 0.1) is 0 Å². The Labute approximate surface area is 134 Å². The molecule has 0 saturated heterocycles. The summed E-state index contributed by atoms with van der Waals surface area (Å²) in [5.74, 6) is -0.335. The number of nitrogens with one attached hydrogen (secondary N) is 1. The molecule has 0 fully saturated rings. The first-order valence-electron chi connectivity index (χ1n) is 7.03. The molecule has 0 saturated carbocycles. The Balaban J connectivity index is 2.09. The first-order chi connectivity index (χ1) is 10.7. The van der Waals surface area contributed by atoms with Gasteiger partial charge in [-0.2, -0.15) is 0 Å². The third kappa shape index (κ3) is 2.74. The van der Waals surface area contributed by atoms with Gasteiger partial charge in [0.1, 0.15) is 5.70 Å². The van der Waals surface area contributed by atoms with Crippen LogP contribution < -0.4 is 5.32 Å². The van der Waals surface area contributed by atoms with Gasteiger partial charge in [-0.05, 0) is 41.2 Å². The molecule has 3 rings (SSSR count). The van der Waals surface area contributed by atoms with Crippen LogP contribution in [-0.2, 0) is 16.0 Å². The van der Waals surface area contributed by atoms with Gasteiger partial charge in [-0.1, -0.05) is 30.3 Å². The van der Waals surface area contributed by atoms with Gasteiger partial charge in [0.15, 0.2) is 0 Å². The number of carbonyl (C=O) groups excluding carboxylic acids is 1. The van der Waals surface area contributed by atoms with Crippen molar-refractivity contribution in [1.29, 1.82) is 0 Å². The second-order valence-electron chi connectivity index (χ2n) is 5.04. The first kappa shape index (κ1) is 14.7. The number of hydrogen-bond acceptors (Lipinski definition) is 4. The number of benzene rings is 2. The quantitative estimate of drug-likeness (QED) is 0.688. The lowest BCUT2D eigenvalue weighted by Gasteiger charge is -2.24. The van der Waals surface area contributed by atoms with Crippen molar-refractivity contribution < 1.29 is 9.53 Å². The SMILES string of the molecule is COC(=O)C1=C(c2ccccc2)Cc2cc(SC)ccc2N1. The van der Waals surface area contributed by atoms with Crippen LogP contribution in [0.2, 0.25) is 0 Å². The molecule has 0 radical (unpaired) electrons.